The number of carboxylic acid groups (broad SMARTS) is 1. The number of nitrogen functional groups attached to an aromatic ring is 1. The number of rotatable bonds is 3. The highest BCUT2D eigenvalue weighted by Crippen LogP contribution is 2.23. The molecule has 0 aliphatic carbocycles. The molecule has 1 fully saturated rings. The summed E-state index contributed by atoms with van der Waals surface area (Å²) in [7, 11) is 0. The van der Waals surface area contributed by atoms with Gasteiger partial charge in [-0.15, -0.1) is 0 Å². The summed E-state index contributed by atoms with van der Waals surface area (Å²) in [4.78, 5) is 36.6. The zero-order valence-electron chi connectivity index (χ0n) is 11.0. The first kappa shape index (κ1) is 15.3. The van der Waals surface area contributed by atoms with Crippen LogP contribution in [-0.4, -0.2) is 46.9 Å². The van der Waals surface area contributed by atoms with E-state index in [1.54, 1.807) is 12.1 Å². The topological polar surface area (TPSA) is 113 Å². The first-order valence-corrected chi connectivity index (χ1v) is 7.05. The summed E-state index contributed by atoms with van der Waals surface area (Å²) in [6, 6.07) is 3.76. The molecule has 0 radical (unpaired) electrons. The smallest absolute Gasteiger partial charge is 0.305 e. The molecule has 112 valence electrons. The van der Waals surface area contributed by atoms with E-state index in [9.17, 15) is 14.4 Å². The fraction of sp³-hybridized carbons (Fsp3) is 0.308. The maximum Gasteiger partial charge on any atom is 0.305 e. The molecule has 2 rings (SSSR count). The summed E-state index contributed by atoms with van der Waals surface area (Å²) in [5, 5.41) is 11.5. The van der Waals surface area contributed by atoms with Crippen LogP contribution < -0.4 is 11.1 Å². The number of halogens is 1. The van der Waals surface area contributed by atoms with Crippen LogP contribution >= 0.6 is 15.9 Å². The zero-order chi connectivity index (χ0) is 15.6. The highest BCUT2D eigenvalue weighted by atomic mass is 79.9. The number of aliphatic carboxylic acids is 1. The Balaban J connectivity index is 2.32. The van der Waals surface area contributed by atoms with Crippen LogP contribution in [0.5, 0.6) is 0 Å². The molecule has 1 unspecified atom stereocenters. The van der Waals surface area contributed by atoms with Gasteiger partial charge in [-0.25, -0.2) is 0 Å². The second-order valence-corrected chi connectivity index (χ2v) is 5.50. The van der Waals surface area contributed by atoms with Gasteiger partial charge in [-0.3, -0.25) is 14.4 Å². The Morgan fingerprint density at radius 3 is 2.86 bits per heavy atom. The van der Waals surface area contributed by atoms with E-state index in [-0.39, 0.29) is 6.54 Å². The van der Waals surface area contributed by atoms with Crippen LogP contribution in [0.2, 0.25) is 0 Å². The Hall–Kier alpha value is -2.09. The lowest BCUT2D eigenvalue weighted by atomic mass is 10.1. The van der Waals surface area contributed by atoms with E-state index in [1.165, 1.54) is 11.0 Å². The van der Waals surface area contributed by atoms with Crippen molar-refractivity contribution in [2.24, 2.45) is 0 Å². The van der Waals surface area contributed by atoms with E-state index in [4.69, 9.17) is 10.8 Å². The Labute approximate surface area is 129 Å². The standard InChI is InChI=1S/C13H14BrN3O4/c14-9-2-1-7(15)5-8(9)13(21)17-4-3-16-12(20)10(17)6-11(18)19/h1-2,5,10H,3-4,6,15H2,(H,16,20)(H,18,19). The van der Waals surface area contributed by atoms with Gasteiger partial charge in [0.25, 0.3) is 5.91 Å². The monoisotopic (exact) mass is 355 g/mol. The number of benzene rings is 1. The lowest BCUT2D eigenvalue weighted by molar-refractivity contribution is -0.142. The number of nitrogens with zero attached hydrogens (tertiary/aromatic N) is 1. The number of hydrogen-bond acceptors (Lipinski definition) is 4. The predicted octanol–water partition coefficient (Wildman–Crippen LogP) is 0.447. The van der Waals surface area contributed by atoms with Crippen LogP contribution in [0.3, 0.4) is 0 Å². The Bertz CT molecular complexity index is 605. The van der Waals surface area contributed by atoms with E-state index in [2.05, 4.69) is 21.2 Å². The average Bonchev–Trinajstić information content (AvgIpc) is 2.42. The minimum absolute atomic E-state index is 0.254. The van der Waals surface area contributed by atoms with Crippen molar-refractivity contribution in [1.29, 1.82) is 0 Å². The second-order valence-electron chi connectivity index (χ2n) is 4.64. The van der Waals surface area contributed by atoms with Crippen LogP contribution in [0, 0.1) is 0 Å². The number of carbonyl (C=O) groups excluding carboxylic acids is 2. The van der Waals surface area contributed by atoms with Crippen LogP contribution in [0.1, 0.15) is 16.8 Å². The molecule has 8 heteroatoms. The molecule has 2 amide bonds. The van der Waals surface area contributed by atoms with Crippen molar-refractivity contribution in [3.63, 3.8) is 0 Å². The Morgan fingerprint density at radius 1 is 1.48 bits per heavy atom. The van der Waals surface area contributed by atoms with Crippen LogP contribution in [-0.2, 0) is 9.59 Å². The normalized spacial score (nSPS) is 18.2. The van der Waals surface area contributed by atoms with Crippen molar-refractivity contribution in [2.45, 2.75) is 12.5 Å². The van der Waals surface area contributed by atoms with Crippen LogP contribution in [0.25, 0.3) is 0 Å². The molecule has 1 aliphatic heterocycles. The molecule has 21 heavy (non-hydrogen) atoms. The van der Waals surface area contributed by atoms with Gasteiger partial charge in [-0.2, -0.15) is 0 Å². The molecule has 4 N–H and O–H groups in total. The fourth-order valence-electron chi connectivity index (χ4n) is 2.19. The minimum atomic E-state index is -1.14. The van der Waals surface area contributed by atoms with E-state index in [1.807, 2.05) is 0 Å². The van der Waals surface area contributed by atoms with Gasteiger partial charge < -0.3 is 21.1 Å². The third kappa shape index (κ3) is 3.33. The fourth-order valence-corrected chi connectivity index (χ4v) is 2.60. The van der Waals surface area contributed by atoms with Crippen molar-refractivity contribution in [3.8, 4) is 0 Å². The summed E-state index contributed by atoms with van der Waals surface area (Å²) in [6.07, 6.45) is -0.433. The second kappa shape index (κ2) is 6.13. The molecule has 7 nitrogen and oxygen atoms in total. The van der Waals surface area contributed by atoms with Crippen LogP contribution in [0.4, 0.5) is 5.69 Å². The van der Waals surface area contributed by atoms with Gasteiger partial charge in [0.15, 0.2) is 0 Å². The number of hydrogen-bond donors (Lipinski definition) is 3. The highest BCUT2D eigenvalue weighted by Gasteiger charge is 2.35. The number of carbonyl (C=O) groups is 3. The van der Waals surface area contributed by atoms with Crippen molar-refractivity contribution < 1.29 is 19.5 Å². The average molecular weight is 356 g/mol. The van der Waals surface area contributed by atoms with Gasteiger partial charge in [0.2, 0.25) is 5.91 Å². The van der Waals surface area contributed by atoms with Gasteiger partial charge in [-0.1, -0.05) is 0 Å². The van der Waals surface area contributed by atoms with Crippen molar-refractivity contribution >= 4 is 39.4 Å². The van der Waals surface area contributed by atoms with E-state index < -0.39 is 30.2 Å². The molecule has 1 aromatic rings. The number of nitrogens with one attached hydrogen (secondary N) is 1. The molecule has 0 aromatic heterocycles. The Kier molecular flexibility index (Phi) is 4.46. The number of amides is 2. The maximum atomic E-state index is 12.6. The summed E-state index contributed by atoms with van der Waals surface area (Å²) >= 11 is 3.26. The molecular formula is C13H14BrN3O4. The maximum absolute atomic E-state index is 12.6. The number of nitrogens with two attached hydrogens (primary N) is 1. The largest absolute Gasteiger partial charge is 0.481 e. The van der Waals surface area contributed by atoms with E-state index in [0.29, 0.717) is 22.3 Å². The first-order chi connectivity index (χ1) is 9.90. The summed E-state index contributed by atoms with van der Waals surface area (Å²) in [5.41, 5.74) is 6.39. The molecule has 0 bridgehead atoms. The summed E-state index contributed by atoms with van der Waals surface area (Å²) in [5.74, 6) is -2.02. The molecule has 1 aliphatic rings. The van der Waals surface area contributed by atoms with Crippen molar-refractivity contribution in [1.82, 2.24) is 10.2 Å². The van der Waals surface area contributed by atoms with Gasteiger partial charge in [0, 0.05) is 23.2 Å². The van der Waals surface area contributed by atoms with Gasteiger partial charge >= 0.3 is 5.97 Å². The van der Waals surface area contributed by atoms with E-state index >= 15 is 0 Å². The lowest BCUT2D eigenvalue weighted by Gasteiger charge is -2.34. The van der Waals surface area contributed by atoms with E-state index in [0.717, 1.165) is 0 Å². The van der Waals surface area contributed by atoms with Gasteiger partial charge in [0.1, 0.15) is 6.04 Å². The van der Waals surface area contributed by atoms with Gasteiger partial charge in [0.05, 0.1) is 12.0 Å². The zero-order valence-corrected chi connectivity index (χ0v) is 12.6. The molecule has 0 spiro atoms. The lowest BCUT2D eigenvalue weighted by Crippen LogP contribution is -2.57. The number of piperazine rings is 1. The third-order valence-electron chi connectivity index (χ3n) is 3.18. The SMILES string of the molecule is Nc1ccc(Br)c(C(=O)N2CCNC(=O)C2CC(=O)O)c1. The molecule has 1 aromatic carbocycles. The van der Waals surface area contributed by atoms with Crippen molar-refractivity contribution in [3.05, 3.63) is 28.2 Å². The summed E-state index contributed by atoms with van der Waals surface area (Å²) < 4.78 is 0.543. The minimum Gasteiger partial charge on any atom is -0.481 e. The molecule has 1 heterocycles. The summed E-state index contributed by atoms with van der Waals surface area (Å²) in [6.45, 7) is 0.546. The Morgan fingerprint density at radius 2 is 2.19 bits per heavy atom. The molecule has 0 saturated carbocycles. The first-order valence-electron chi connectivity index (χ1n) is 6.25. The molecular weight excluding hydrogens is 342 g/mol. The molecule has 1 atom stereocenters. The quantitative estimate of drug-likeness (QED) is 0.681. The predicted molar refractivity (Wildman–Crippen MR) is 78.6 cm³/mol. The molecule has 1 saturated heterocycles. The third-order valence-corrected chi connectivity index (χ3v) is 3.87. The van der Waals surface area contributed by atoms with Crippen LogP contribution in [0.15, 0.2) is 22.7 Å². The van der Waals surface area contributed by atoms with Gasteiger partial charge in [-0.05, 0) is 34.1 Å². The highest BCUT2D eigenvalue weighted by molar-refractivity contribution is 9.10. The number of anilines is 1. The number of carboxylic acids is 1. The van der Waals surface area contributed by atoms with Crippen molar-refractivity contribution in [2.75, 3.05) is 18.8 Å².